The normalized spacial score (nSPS) is 17.2. The van der Waals surface area contributed by atoms with Crippen LogP contribution in [-0.2, 0) is 18.0 Å². The van der Waals surface area contributed by atoms with Crippen molar-refractivity contribution in [3.8, 4) is 0 Å². The monoisotopic (exact) mass is 636 g/mol. The molecule has 7 nitrogen and oxygen atoms in total. The van der Waals surface area contributed by atoms with Crippen molar-refractivity contribution in [2.24, 2.45) is 0 Å². The molecule has 0 saturated carbocycles. The van der Waals surface area contributed by atoms with Crippen LogP contribution in [0.2, 0.25) is 6.04 Å². The summed E-state index contributed by atoms with van der Waals surface area (Å²) >= 11 is 8.13. The highest BCUT2D eigenvalue weighted by Crippen LogP contribution is 2.52. The Balaban J connectivity index is 0. The molecule has 1 saturated heterocycles. The molecular formula is C25H57BO7S4Si. The Morgan fingerprint density at radius 1 is 0.763 bits per heavy atom. The van der Waals surface area contributed by atoms with Gasteiger partial charge in [-0.3, -0.25) is 0 Å². The highest BCUT2D eigenvalue weighted by atomic mass is 32.2. The van der Waals surface area contributed by atoms with Gasteiger partial charge in [0.25, 0.3) is 0 Å². The molecule has 1 unspecified atom stereocenters. The van der Waals surface area contributed by atoms with Gasteiger partial charge < -0.3 is 33.1 Å². The third kappa shape index (κ3) is 18.8. The summed E-state index contributed by atoms with van der Waals surface area (Å²) in [6.45, 7) is 15.7. The number of hydrogen-bond donors (Lipinski definition) is 3. The van der Waals surface area contributed by atoms with Crippen molar-refractivity contribution in [2.45, 2.75) is 121 Å². The third-order valence-corrected chi connectivity index (χ3v) is 15.5. The van der Waals surface area contributed by atoms with Crippen LogP contribution in [0, 0.1) is 0 Å². The minimum Gasteiger partial charge on any atom is -0.402 e. The zero-order valence-electron chi connectivity index (χ0n) is 25.5. The van der Waals surface area contributed by atoms with Crippen molar-refractivity contribution in [1.29, 1.82) is 0 Å². The van der Waals surface area contributed by atoms with Gasteiger partial charge in [0.05, 0.1) is 0 Å². The van der Waals surface area contributed by atoms with Gasteiger partial charge >= 0.3 is 16.1 Å². The van der Waals surface area contributed by atoms with E-state index in [1.807, 2.05) is 47.0 Å². The first-order valence-electron chi connectivity index (χ1n) is 14.1. The fourth-order valence-corrected chi connectivity index (χ4v) is 11.2. The number of hydrogen-bond acceptors (Lipinski definition) is 11. The second kappa shape index (κ2) is 24.9. The van der Waals surface area contributed by atoms with Gasteiger partial charge in [-0.1, -0.05) is 41.5 Å². The average Bonchev–Trinajstić information content (AvgIpc) is 2.91. The molecule has 0 amide bonds. The van der Waals surface area contributed by atoms with Gasteiger partial charge in [-0.05, 0) is 81.3 Å². The van der Waals surface area contributed by atoms with E-state index in [2.05, 4.69) is 48.5 Å². The van der Waals surface area contributed by atoms with Gasteiger partial charge in [-0.2, -0.15) is 0 Å². The Bertz CT molecular complexity index is 493. The van der Waals surface area contributed by atoms with E-state index >= 15 is 0 Å². The average molecular weight is 637 g/mol. The lowest BCUT2D eigenvalue weighted by Gasteiger charge is -2.42. The van der Waals surface area contributed by atoms with Gasteiger partial charge in [0, 0.05) is 26.4 Å². The molecule has 230 valence electrons. The van der Waals surface area contributed by atoms with Crippen LogP contribution < -0.4 is 0 Å². The van der Waals surface area contributed by atoms with Gasteiger partial charge in [0.1, 0.15) is 0 Å². The lowest BCUT2D eigenvalue weighted by atomic mass is 10.2. The molecule has 0 aliphatic carbocycles. The van der Waals surface area contributed by atoms with E-state index in [1.165, 1.54) is 48.7 Å². The third-order valence-electron chi connectivity index (χ3n) is 5.38. The van der Waals surface area contributed by atoms with E-state index < -0.39 is 16.1 Å². The van der Waals surface area contributed by atoms with Crippen molar-refractivity contribution in [3.63, 3.8) is 0 Å². The number of thioether (sulfide) groups is 4. The number of ether oxygens (including phenoxy) is 1. The van der Waals surface area contributed by atoms with Gasteiger partial charge in [-0.15, -0.1) is 47.0 Å². The Morgan fingerprint density at radius 2 is 1.11 bits per heavy atom. The summed E-state index contributed by atoms with van der Waals surface area (Å²) in [6, 6.07) is 0.963. The predicted octanol–water partition coefficient (Wildman–Crippen LogP) is 7.07. The van der Waals surface area contributed by atoms with Crippen LogP contribution in [0.1, 0.15) is 99.8 Å². The molecule has 13 heteroatoms. The van der Waals surface area contributed by atoms with E-state index in [0.717, 1.165) is 31.7 Å². The van der Waals surface area contributed by atoms with Gasteiger partial charge in [-0.25, -0.2) is 0 Å². The zero-order chi connectivity index (χ0) is 29.5. The first-order valence-corrected chi connectivity index (χ1v) is 20.0. The molecule has 1 fully saturated rings. The van der Waals surface area contributed by atoms with Crippen molar-refractivity contribution < 1.29 is 33.1 Å². The Labute approximate surface area is 253 Å². The highest BCUT2D eigenvalue weighted by molar-refractivity contribution is 8.19. The summed E-state index contributed by atoms with van der Waals surface area (Å²) in [6.07, 6.45) is 9.59. The Kier molecular flexibility index (Phi) is 27.3. The van der Waals surface area contributed by atoms with Crippen LogP contribution in [0.5, 0.6) is 0 Å². The minimum absolute atomic E-state index is 0.0798. The van der Waals surface area contributed by atoms with E-state index in [4.69, 9.17) is 33.1 Å². The quantitative estimate of drug-likeness (QED) is 0.106. The standard InChI is InChI=1S/C18H38OS4.C7H16O3Si.BH3O3/c1-7-13-20-17(11-5,21-14-8-2)19-18(12-6,22-15-9-3)23-16-10-4;1-7-5-4-6-11(8-2,9-3)10-7;2-1(3)4/h7-16H2,1-6H3;7H,4-6H2,1-3H3;2-4H. The van der Waals surface area contributed by atoms with E-state index in [0.29, 0.717) is 6.10 Å². The van der Waals surface area contributed by atoms with Crippen LogP contribution in [0.25, 0.3) is 0 Å². The molecule has 0 aromatic rings. The van der Waals surface area contributed by atoms with Crippen LogP contribution >= 0.6 is 47.0 Å². The molecule has 38 heavy (non-hydrogen) atoms. The van der Waals surface area contributed by atoms with Crippen LogP contribution in [0.3, 0.4) is 0 Å². The Hall–Kier alpha value is 1.40. The highest BCUT2D eigenvalue weighted by Gasteiger charge is 2.43. The van der Waals surface area contributed by atoms with Crippen molar-refractivity contribution >= 4 is 63.2 Å². The summed E-state index contributed by atoms with van der Waals surface area (Å²) in [5, 5.41) is 21.5. The van der Waals surface area contributed by atoms with Crippen LogP contribution in [-0.4, -0.2) is 83.1 Å². The van der Waals surface area contributed by atoms with Gasteiger partial charge in [0.15, 0.2) is 8.53 Å². The van der Waals surface area contributed by atoms with Crippen molar-refractivity contribution in [2.75, 3.05) is 37.2 Å². The van der Waals surface area contributed by atoms with Gasteiger partial charge in [0.2, 0.25) is 0 Å². The van der Waals surface area contributed by atoms with E-state index in [9.17, 15) is 0 Å². The second-order valence-corrected chi connectivity index (χ2v) is 17.7. The first kappa shape index (κ1) is 41.5. The minimum atomic E-state index is -2.19. The van der Waals surface area contributed by atoms with Crippen LogP contribution in [0.4, 0.5) is 0 Å². The van der Waals surface area contributed by atoms with E-state index in [1.54, 1.807) is 14.2 Å². The summed E-state index contributed by atoms with van der Waals surface area (Å²) < 4.78 is 23.1. The molecule has 1 atom stereocenters. The summed E-state index contributed by atoms with van der Waals surface area (Å²) in [5.74, 6) is 4.73. The fourth-order valence-electron chi connectivity index (χ4n) is 3.44. The summed E-state index contributed by atoms with van der Waals surface area (Å²) in [7, 11) is -1.01. The maximum absolute atomic E-state index is 7.17. The molecular weight excluding hydrogens is 579 g/mol. The maximum Gasteiger partial charge on any atom is 0.631 e. The molecule has 0 aromatic carbocycles. The zero-order valence-corrected chi connectivity index (χ0v) is 29.7. The molecule has 1 aliphatic heterocycles. The second-order valence-electron chi connectivity index (χ2n) is 8.83. The molecule has 0 aromatic heterocycles. The van der Waals surface area contributed by atoms with E-state index in [-0.39, 0.29) is 8.53 Å². The fraction of sp³-hybridized carbons (Fsp3) is 1.00. The topological polar surface area (TPSA) is 97.6 Å². The predicted molar refractivity (Wildman–Crippen MR) is 175 cm³/mol. The summed E-state index contributed by atoms with van der Waals surface area (Å²) in [5.41, 5.74) is 0. The molecule has 1 aliphatic rings. The molecule has 1 rings (SSSR count). The lowest BCUT2D eigenvalue weighted by Crippen LogP contribution is -2.48. The SMILES string of the molecule is CCCSC(CC)(OC(CC)(SCCC)SCCC)SCCC.CO[Si]1(OC)CCCC(C)O1.OB(O)O. The largest absolute Gasteiger partial charge is 0.631 e. The smallest absolute Gasteiger partial charge is 0.402 e. The number of rotatable bonds is 18. The molecule has 3 N–H and O–H groups in total. The molecule has 0 radical (unpaired) electrons. The van der Waals surface area contributed by atoms with Crippen LogP contribution in [0.15, 0.2) is 0 Å². The first-order chi connectivity index (χ1) is 18.0. The molecule has 0 spiro atoms. The lowest BCUT2D eigenvalue weighted by molar-refractivity contribution is 0.0418. The van der Waals surface area contributed by atoms with Crippen molar-refractivity contribution in [3.05, 3.63) is 0 Å². The Morgan fingerprint density at radius 3 is 1.32 bits per heavy atom. The molecule has 0 bridgehead atoms. The maximum atomic E-state index is 7.17. The summed E-state index contributed by atoms with van der Waals surface area (Å²) in [4.78, 5) is 0. The van der Waals surface area contributed by atoms with Crippen molar-refractivity contribution in [1.82, 2.24) is 0 Å². The molecule has 1 heterocycles.